The predicted octanol–water partition coefficient (Wildman–Crippen LogP) is 3.71. The fraction of sp³-hybridized carbons (Fsp3) is 0.238. The molecule has 1 aliphatic rings. The Balaban J connectivity index is 1.67. The molecule has 2 aromatic rings. The molecule has 1 saturated heterocycles. The number of hydrogen-bond acceptors (Lipinski definition) is 5. The lowest BCUT2D eigenvalue weighted by Crippen LogP contribution is -2.46. The first-order valence-electron chi connectivity index (χ1n) is 9.61. The van der Waals surface area contributed by atoms with Crippen molar-refractivity contribution in [1.29, 1.82) is 5.26 Å². The van der Waals surface area contributed by atoms with E-state index < -0.39 is 32.7 Å². The predicted molar refractivity (Wildman–Crippen MR) is 116 cm³/mol. The number of benzene rings is 2. The topological polar surface area (TPSA) is 93.5 Å². The number of carbonyl (C=O) groups excluding carboxylic acids is 1. The van der Waals surface area contributed by atoms with Crippen molar-refractivity contribution in [2.24, 2.45) is 0 Å². The van der Waals surface area contributed by atoms with Crippen LogP contribution in [0.3, 0.4) is 0 Å². The number of anilines is 1. The van der Waals surface area contributed by atoms with Gasteiger partial charge in [-0.3, -0.25) is 4.79 Å². The van der Waals surface area contributed by atoms with E-state index in [0.717, 1.165) is 6.07 Å². The second-order valence-corrected chi connectivity index (χ2v) is 9.40. The maximum absolute atomic E-state index is 13.0. The number of rotatable bonds is 5. The maximum atomic E-state index is 13.0. The largest absolute Gasteiger partial charge is 0.417 e. The molecule has 12 heteroatoms. The summed E-state index contributed by atoms with van der Waals surface area (Å²) in [6.07, 6.45) is -3.44. The van der Waals surface area contributed by atoms with Crippen LogP contribution in [0.1, 0.15) is 5.56 Å². The Morgan fingerprint density at radius 1 is 1.09 bits per heavy atom. The van der Waals surface area contributed by atoms with E-state index in [9.17, 15) is 31.6 Å². The molecule has 1 N–H and O–H groups in total. The number of nitriles is 1. The van der Waals surface area contributed by atoms with Crippen molar-refractivity contribution in [3.05, 3.63) is 70.9 Å². The van der Waals surface area contributed by atoms with Crippen molar-refractivity contribution in [3.8, 4) is 6.07 Å². The standard InChI is InChI=1S/C21H18ClF3N4O3S/c22-19-7-6-16(12-18(19)21(23,24)25)27-20(30)15(13-26)14-28-8-10-29(11-9-28)33(31,32)17-4-2-1-3-5-17/h1-7,12,14H,8-11H2,(H,27,30)/b15-14-. The summed E-state index contributed by atoms with van der Waals surface area (Å²) in [6.45, 7) is 0.730. The van der Waals surface area contributed by atoms with Gasteiger partial charge < -0.3 is 10.2 Å². The van der Waals surface area contributed by atoms with Crippen LogP contribution in [0.25, 0.3) is 0 Å². The SMILES string of the molecule is N#C/C(=C/N1CCN(S(=O)(=O)c2ccccc2)CC1)C(=O)Nc1ccc(Cl)c(C(F)(F)F)c1. The number of nitrogens with one attached hydrogen (secondary N) is 1. The molecule has 0 aliphatic carbocycles. The van der Waals surface area contributed by atoms with E-state index >= 15 is 0 Å². The smallest absolute Gasteiger partial charge is 0.373 e. The first kappa shape index (κ1) is 24.6. The minimum Gasteiger partial charge on any atom is -0.373 e. The molecule has 0 unspecified atom stereocenters. The third kappa shape index (κ3) is 5.84. The van der Waals surface area contributed by atoms with Crippen molar-refractivity contribution >= 4 is 33.2 Å². The molecule has 1 amide bonds. The van der Waals surface area contributed by atoms with Gasteiger partial charge in [0.1, 0.15) is 11.6 Å². The zero-order valence-corrected chi connectivity index (χ0v) is 18.6. The summed E-state index contributed by atoms with van der Waals surface area (Å²) in [5.74, 6) is -0.896. The molecule has 1 aliphatic heterocycles. The highest BCUT2D eigenvalue weighted by Gasteiger charge is 2.33. The average Bonchev–Trinajstić information content (AvgIpc) is 2.78. The van der Waals surface area contributed by atoms with Gasteiger partial charge in [-0.25, -0.2) is 8.42 Å². The highest BCUT2D eigenvalue weighted by atomic mass is 35.5. The molecule has 0 saturated carbocycles. The van der Waals surface area contributed by atoms with E-state index in [1.165, 1.54) is 28.7 Å². The van der Waals surface area contributed by atoms with Crippen LogP contribution in [0, 0.1) is 11.3 Å². The van der Waals surface area contributed by atoms with Crippen LogP contribution < -0.4 is 5.32 Å². The summed E-state index contributed by atoms with van der Waals surface area (Å²) in [7, 11) is -3.66. The average molecular weight is 499 g/mol. The molecule has 33 heavy (non-hydrogen) atoms. The van der Waals surface area contributed by atoms with Gasteiger partial charge in [0.2, 0.25) is 10.0 Å². The molecule has 0 aromatic heterocycles. The lowest BCUT2D eigenvalue weighted by atomic mass is 10.2. The summed E-state index contributed by atoms with van der Waals surface area (Å²) >= 11 is 5.57. The lowest BCUT2D eigenvalue weighted by Gasteiger charge is -2.33. The molecular weight excluding hydrogens is 481 g/mol. The molecule has 2 aromatic carbocycles. The number of carbonyl (C=O) groups is 1. The number of hydrogen-bond donors (Lipinski definition) is 1. The van der Waals surface area contributed by atoms with Crippen LogP contribution in [0.5, 0.6) is 0 Å². The highest BCUT2D eigenvalue weighted by Crippen LogP contribution is 2.36. The summed E-state index contributed by atoms with van der Waals surface area (Å²) in [5, 5.41) is 11.1. The first-order chi connectivity index (χ1) is 15.5. The summed E-state index contributed by atoms with van der Waals surface area (Å²) in [5.41, 5.74) is -1.62. The van der Waals surface area contributed by atoms with Gasteiger partial charge >= 0.3 is 6.18 Å². The van der Waals surface area contributed by atoms with Gasteiger partial charge in [-0.1, -0.05) is 29.8 Å². The van der Waals surface area contributed by atoms with Crippen LogP contribution in [0.15, 0.2) is 65.2 Å². The second-order valence-electron chi connectivity index (χ2n) is 7.05. The minimum absolute atomic E-state index is 0.139. The Kier molecular flexibility index (Phi) is 7.31. The second kappa shape index (κ2) is 9.82. The van der Waals surface area contributed by atoms with E-state index in [4.69, 9.17) is 11.6 Å². The van der Waals surface area contributed by atoms with E-state index in [1.807, 2.05) is 0 Å². The zero-order chi connectivity index (χ0) is 24.2. The van der Waals surface area contributed by atoms with Gasteiger partial charge in [0.05, 0.1) is 15.5 Å². The highest BCUT2D eigenvalue weighted by molar-refractivity contribution is 7.89. The summed E-state index contributed by atoms with van der Waals surface area (Å²) < 4.78 is 65.7. The van der Waals surface area contributed by atoms with Crippen LogP contribution in [-0.2, 0) is 21.0 Å². The van der Waals surface area contributed by atoms with Gasteiger partial charge in [-0.15, -0.1) is 0 Å². The van der Waals surface area contributed by atoms with E-state index in [0.29, 0.717) is 6.07 Å². The fourth-order valence-corrected chi connectivity index (χ4v) is 4.82. The Hall–Kier alpha value is -3.07. The van der Waals surface area contributed by atoms with Crippen molar-refractivity contribution in [3.63, 3.8) is 0 Å². The third-order valence-electron chi connectivity index (χ3n) is 4.86. The quantitative estimate of drug-likeness (QED) is 0.501. The molecule has 0 radical (unpaired) electrons. The van der Waals surface area contributed by atoms with Crippen LogP contribution in [0.2, 0.25) is 5.02 Å². The molecule has 174 valence electrons. The van der Waals surface area contributed by atoms with Gasteiger partial charge in [-0.2, -0.15) is 22.7 Å². The number of nitrogens with zero attached hydrogens (tertiary/aromatic N) is 3. The maximum Gasteiger partial charge on any atom is 0.417 e. The Morgan fingerprint density at radius 2 is 1.73 bits per heavy atom. The third-order valence-corrected chi connectivity index (χ3v) is 7.10. The normalized spacial score (nSPS) is 15.7. The Morgan fingerprint density at radius 3 is 2.30 bits per heavy atom. The molecule has 1 heterocycles. The van der Waals surface area contributed by atoms with Gasteiger partial charge in [0.25, 0.3) is 5.91 Å². The molecule has 0 spiro atoms. The van der Waals surface area contributed by atoms with Crippen molar-refractivity contribution < 1.29 is 26.4 Å². The van der Waals surface area contributed by atoms with Crippen molar-refractivity contribution in [2.45, 2.75) is 11.1 Å². The summed E-state index contributed by atoms with van der Waals surface area (Å²) in [6, 6.07) is 12.6. The van der Waals surface area contributed by atoms with Gasteiger partial charge in [0.15, 0.2) is 0 Å². The first-order valence-corrected chi connectivity index (χ1v) is 11.4. The Bertz CT molecular complexity index is 1200. The van der Waals surface area contributed by atoms with Crippen LogP contribution in [-0.4, -0.2) is 49.7 Å². The molecule has 0 atom stereocenters. The van der Waals surface area contributed by atoms with E-state index in [1.54, 1.807) is 29.2 Å². The van der Waals surface area contributed by atoms with E-state index in [-0.39, 0.29) is 42.3 Å². The fourth-order valence-electron chi connectivity index (χ4n) is 3.15. The Labute approximate surface area is 193 Å². The number of halogens is 4. The molecular formula is C21H18ClF3N4O3S. The molecule has 3 rings (SSSR count). The number of amides is 1. The minimum atomic E-state index is -4.70. The summed E-state index contributed by atoms with van der Waals surface area (Å²) in [4.78, 5) is 14.2. The lowest BCUT2D eigenvalue weighted by molar-refractivity contribution is -0.137. The van der Waals surface area contributed by atoms with Crippen molar-refractivity contribution in [1.82, 2.24) is 9.21 Å². The molecule has 1 fully saturated rings. The number of alkyl halides is 3. The van der Waals surface area contributed by atoms with Crippen LogP contribution >= 0.6 is 11.6 Å². The zero-order valence-electron chi connectivity index (χ0n) is 17.0. The molecule has 7 nitrogen and oxygen atoms in total. The van der Waals surface area contributed by atoms with Crippen molar-refractivity contribution in [2.75, 3.05) is 31.5 Å². The van der Waals surface area contributed by atoms with Crippen LogP contribution in [0.4, 0.5) is 18.9 Å². The number of sulfonamides is 1. The van der Waals surface area contributed by atoms with Gasteiger partial charge in [-0.05, 0) is 30.3 Å². The van der Waals surface area contributed by atoms with Gasteiger partial charge in [0, 0.05) is 38.1 Å². The monoisotopic (exact) mass is 498 g/mol. The van der Waals surface area contributed by atoms with E-state index in [2.05, 4.69) is 5.32 Å². The number of piperazine rings is 1. The molecule has 0 bridgehead atoms.